The normalized spacial score (nSPS) is 10.3. The van der Waals surface area contributed by atoms with E-state index in [2.05, 4.69) is 4.98 Å². The van der Waals surface area contributed by atoms with E-state index < -0.39 is 0 Å². The van der Waals surface area contributed by atoms with E-state index in [9.17, 15) is 4.79 Å². The molecule has 0 aliphatic heterocycles. The molecule has 98 valence electrons. The molecule has 1 heterocycles. The van der Waals surface area contributed by atoms with Gasteiger partial charge in [0.15, 0.2) is 0 Å². The first kappa shape index (κ1) is 13.6. The van der Waals surface area contributed by atoms with Gasteiger partial charge < -0.3 is 4.90 Å². The summed E-state index contributed by atoms with van der Waals surface area (Å²) >= 11 is 5.94. The minimum absolute atomic E-state index is 0.124. The lowest BCUT2D eigenvalue weighted by Gasteiger charge is -2.18. The van der Waals surface area contributed by atoms with Crippen LogP contribution in [0.2, 0.25) is 5.15 Å². The van der Waals surface area contributed by atoms with Gasteiger partial charge in [0.1, 0.15) is 5.15 Å². The third-order valence-electron chi connectivity index (χ3n) is 3.00. The smallest absolute Gasteiger partial charge is 0.257 e. The number of benzene rings is 1. The number of halogens is 1. The van der Waals surface area contributed by atoms with Crippen molar-refractivity contribution in [3.8, 4) is 0 Å². The number of carbonyl (C=O) groups is 1. The van der Waals surface area contributed by atoms with Crippen LogP contribution in [-0.2, 0) is 6.54 Å². The Morgan fingerprint density at radius 3 is 2.68 bits per heavy atom. The zero-order valence-electron chi connectivity index (χ0n) is 10.9. The lowest BCUT2D eigenvalue weighted by molar-refractivity contribution is 0.0784. The first-order valence-corrected chi connectivity index (χ1v) is 6.38. The van der Waals surface area contributed by atoms with Crippen molar-refractivity contribution in [2.45, 2.75) is 13.5 Å². The van der Waals surface area contributed by atoms with Crippen LogP contribution >= 0.6 is 11.6 Å². The summed E-state index contributed by atoms with van der Waals surface area (Å²) in [4.78, 5) is 17.9. The van der Waals surface area contributed by atoms with Crippen LogP contribution in [0.4, 0.5) is 0 Å². The molecule has 0 saturated carbocycles. The first-order chi connectivity index (χ1) is 9.09. The van der Waals surface area contributed by atoms with Gasteiger partial charge in [-0.25, -0.2) is 4.98 Å². The maximum Gasteiger partial charge on any atom is 0.257 e. The largest absolute Gasteiger partial charge is 0.337 e. The number of rotatable bonds is 3. The van der Waals surface area contributed by atoms with E-state index in [1.165, 1.54) is 5.56 Å². The number of nitrogens with zero attached hydrogens (tertiary/aromatic N) is 2. The highest BCUT2D eigenvalue weighted by Gasteiger charge is 2.16. The van der Waals surface area contributed by atoms with Crippen molar-refractivity contribution in [3.63, 3.8) is 0 Å². The molecule has 1 aromatic carbocycles. The highest BCUT2D eigenvalue weighted by Crippen LogP contribution is 2.16. The van der Waals surface area contributed by atoms with E-state index in [1.807, 2.05) is 31.2 Å². The van der Waals surface area contributed by atoms with Crippen molar-refractivity contribution in [1.82, 2.24) is 9.88 Å². The first-order valence-electron chi connectivity index (χ1n) is 6.00. The Bertz CT molecular complexity index is 598. The fraction of sp³-hybridized carbons (Fsp3) is 0.200. The van der Waals surface area contributed by atoms with Crippen molar-refractivity contribution in [2.75, 3.05) is 7.05 Å². The van der Waals surface area contributed by atoms with Crippen LogP contribution in [0.5, 0.6) is 0 Å². The maximum atomic E-state index is 12.3. The molecule has 3 nitrogen and oxygen atoms in total. The third kappa shape index (κ3) is 3.12. The predicted molar refractivity (Wildman–Crippen MR) is 76.2 cm³/mol. The highest BCUT2D eigenvalue weighted by atomic mass is 35.5. The molecule has 0 saturated heterocycles. The summed E-state index contributed by atoms with van der Waals surface area (Å²) < 4.78 is 0. The molecule has 0 aliphatic carbocycles. The number of aromatic nitrogens is 1. The second-order valence-corrected chi connectivity index (χ2v) is 4.79. The van der Waals surface area contributed by atoms with Crippen molar-refractivity contribution in [3.05, 3.63) is 64.4 Å². The molecule has 0 aliphatic rings. The molecule has 1 amide bonds. The number of carbonyl (C=O) groups excluding carboxylic acids is 1. The summed E-state index contributed by atoms with van der Waals surface area (Å²) in [5.41, 5.74) is 2.72. The molecule has 0 unspecified atom stereocenters. The van der Waals surface area contributed by atoms with Crippen LogP contribution in [0.1, 0.15) is 21.5 Å². The second-order valence-electron chi connectivity index (χ2n) is 4.43. The summed E-state index contributed by atoms with van der Waals surface area (Å²) in [5, 5.41) is 0.240. The highest BCUT2D eigenvalue weighted by molar-refractivity contribution is 6.32. The summed E-state index contributed by atoms with van der Waals surface area (Å²) in [6, 6.07) is 11.4. The zero-order valence-corrected chi connectivity index (χ0v) is 11.7. The Kier molecular flexibility index (Phi) is 4.17. The summed E-state index contributed by atoms with van der Waals surface area (Å²) in [7, 11) is 1.76. The maximum absolute atomic E-state index is 12.3. The molecular weight excluding hydrogens is 260 g/mol. The molecule has 0 bridgehead atoms. The lowest BCUT2D eigenvalue weighted by Crippen LogP contribution is -2.26. The molecule has 0 radical (unpaired) electrons. The van der Waals surface area contributed by atoms with E-state index >= 15 is 0 Å². The molecule has 2 aromatic rings. The Morgan fingerprint density at radius 1 is 1.26 bits per heavy atom. The van der Waals surface area contributed by atoms with Crippen molar-refractivity contribution >= 4 is 17.5 Å². The van der Waals surface area contributed by atoms with Crippen LogP contribution in [-0.4, -0.2) is 22.8 Å². The molecule has 0 N–H and O–H groups in total. The second kappa shape index (κ2) is 5.85. The number of amides is 1. The summed E-state index contributed by atoms with van der Waals surface area (Å²) in [6.07, 6.45) is 1.57. The predicted octanol–water partition coefficient (Wildman–Crippen LogP) is 3.32. The van der Waals surface area contributed by atoms with Crippen molar-refractivity contribution < 1.29 is 4.79 Å². The van der Waals surface area contributed by atoms with Gasteiger partial charge in [-0.15, -0.1) is 0 Å². The number of pyridine rings is 1. The van der Waals surface area contributed by atoms with Crippen LogP contribution in [0.15, 0.2) is 42.6 Å². The zero-order chi connectivity index (χ0) is 13.8. The van der Waals surface area contributed by atoms with E-state index in [4.69, 9.17) is 11.6 Å². The average Bonchev–Trinajstić information content (AvgIpc) is 2.41. The van der Waals surface area contributed by atoms with Gasteiger partial charge in [0.25, 0.3) is 5.91 Å². The number of hydrogen-bond acceptors (Lipinski definition) is 2. The quantitative estimate of drug-likeness (QED) is 0.805. The summed E-state index contributed by atoms with van der Waals surface area (Å²) in [6.45, 7) is 2.58. The molecular formula is C15H15ClN2O. The fourth-order valence-electron chi connectivity index (χ4n) is 1.87. The third-order valence-corrected chi connectivity index (χ3v) is 3.31. The molecule has 0 atom stereocenters. The van der Waals surface area contributed by atoms with Gasteiger partial charge in [-0.05, 0) is 30.2 Å². The molecule has 1 aromatic heterocycles. The van der Waals surface area contributed by atoms with Crippen LogP contribution in [0.3, 0.4) is 0 Å². The van der Waals surface area contributed by atoms with E-state index in [0.717, 1.165) is 5.56 Å². The van der Waals surface area contributed by atoms with E-state index in [-0.39, 0.29) is 11.1 Å². The monoisotopic (exact) mass is 274 g/mol. The van der Waals surface area contributed by atoms with E-state index in [1.54, 1.807) is 30.3 Å². The number of hydrogen-bond donors (Lipinski definition) is 0. The van der Waals surface area contributed by atoms with Gasteiger partial charge in [0, 0.05) is 19.8 Å². The fourth-order valence-corrected chi connectivity index (χ4v) is 2.07. The van der Waals surface area contributed by atoms with Crippen molar-refractivity contribution in [2.24, 2.45) is 0 Å². The summed E-state index contributed by atoms with van der Waals surface area (Å²) in [5.74, 6) is -0.124. The van der Waals surface area contributed by atoms with Gasteiger partial charge in [-0.3, -0.25) is 4.79 Å². The van der Waals surface area contributed by atoms with E-state index in [0.29, 0.717) is 12.1 Å². The van der Waals surface area contributed by atoms with Gasteiger partial charge in [-0.1, -0.05) is 35.9 Å². The van der Waals surface area contributed by atoms with Gasteiger partial charge in [0.05, 0.1) is 5.56 Å². The van der Waals surface area contributed by atoms with Gasteiger partial charge in [-0.2, -0.15) is 0 Å². The van der Waals surface area contributed by atoms with Crippen molar-refractivity contribution in [1.29, 1.82) is 0 Å². The van der Waals surface area contributed by atoms with Crippen LogP contribution < -0.4 is 0 Å². The minimum atomic E-state index is -0.124. The Labute approximate surface area is 117 Å². The lowest BCUT2D eigenvalue weighted by atomic mass is 10.1. The van der Waals surface area contributed by atoms with Crippen LogP contribution in [0.25, 0.3) is 0 Å². The Morgan fingerprint density at radius 2 is 2.00 bits per heavy atom. The standard InChI is InChI=1S/C15H15ClN2O/c1-11-6-3-4-7-12(11)10-18(2)15(19)13-8-5-9-17-14(13)16/h3-9H,10H2,1-2H3. The molecule has 4 heteroatoms. The Hall–Kier alpha value is -1.87. The molecule has 0 spiro atoms. The van der Waals surface area contributed by atoms with Gasteiger partial charge in [0.2, 0.25) is 0 Å². The number of aryl methyl sites for hydroxylation is 1. The van der Waals surface area contributed by atoms with Crippen LogP contribution in [0, 0.1) is 6.92 Å². The topological polar surface area (TPSA) is 33.2 Å². The van der Waals surface area contributed by atoms with Gasteiger partial charge >= 0.3 is 0 Å². The average molecular weight is 275 g/mol. The molecule has 19 heavy (non-hydrogen) atoms. The SMILES string of the molecule is Cc1ccccc1CN(C)C(=O)c1cccnc1Cl. The molecule has 2 rings (SSSR count). The Balaban J connectivity index is 2.17. The minimum Gasteiger partial charge on any atom is -0.337 e. The molecule has 0 fully saturated rings.